The van der Waals surface area contributed by atoms with E-state index in [1.807, 2.05) is 12.1 Å². The summed E-state index contributed by atoms with van der Waals surface area (Å²) in [7, 11) is -3.68. The first-order valence-corrected chi connectivity index (χ1v) is 12.0. The second-order valence-corrected chi connectivity index (χ2v) is 11.0. The molecule has 7 nitrogen and oxygen atoms in total. The molecule has 2 N–H and O–H groups in total. The summed E-state index contributed by atoms with van der Waals surface area (Å²) in [4.78, 5) is 7.53. The molecule has 1 aliphatic heterocycles. The predicted octanol–water partition coefficient (Wildman–Crippen LogP) is 2.97. The molecule has 1 saturated heterocycles. The van der Waals surface area contributed by atoms with Crippen LogP contribution in [0.1, 0.15) is 74.6 Å². The number of likely N-dealkylation sites (tertiary alicyclic amines) is 1. The number of hydrogen-bond acceptors (Lipinski definition) is 6. The van der Waals surface area contributed by atoms with Crippen LogP contribution in [0.3, 0.4) is 0 Å². The molecule has 2 aromatic rings. The van der Waals surface area contributed by atoms with Crippen LogP contribution in [0, 0.1) is 5.41 Å². The number of hydrogen-bond donors (Lipinski definition) is 1. The highest BCUT2D eigenvalue weighted by Gasteiger charge is 2.61. The summed E-state index contributed by atoms with van der Waals surface area (Å²) in [6.07, 6.45) is 4.88. The molecule has 5 rings (SSSR count). The number of piperidine rings is 1. The Morgan fingerprint density at radius 3 is 2.31 bits per heavy atom. The first kappa shape index (κ1) is 19.2. The summed E-state index contributed by atoms with van der Waals surface area (Å²) >= 11 is 0. The van der Waals surface area contributed by atoms with Gasteiger partial charge in [-0.2, -0.15) is 4.98 Å². The molecule has 2 heterocycles. The van der Waals surface area contributed by atoms with Crippen molar-refractivity contribution in [2.75, 3.05) is 13.1 Å². The third-order valence-electron chi connectivity index (χ3n) is 7.07. The lowest BCUT2D eigenvalue weighted by atomic mass is 9.96. The molecular weight excluding hydrogens is 388 g/mol. The third kappa shape index (κ3) is 3.51. The van der Waals surface area contributed by atoms with Gasteiger partial charge >= 0.3 is 0 Å². The van der Waals surface area contributed by atoms with Gasteiger partial charge in [0.1, 0.15) is 0 Å². The van der Waals surface area contributed by atoms with Crippen LogP contribution in [0.4, 0.5) is 0 Å². The molecule has 2 saturated carbocycles. The molecule has 156 valence electrons. The summed E-state index contributed by atoms with van der Waals surface area (Å²) in [5.41, 5.74) is 1.08. The molecule has 0 radical (unpaired) electrons. The van der Waals surface area contributed by atoms with Crippen LogP contribution in [0.25, 0.3) is 0 Å². The van der Waals surface area contributed by atoms with Crippen LogP contribution in [0.2, 0.25) is 0 Å². The van der Waals surface area contributed by atoms with E-state index in [0.717, 1.165) is 49.3 Å². The van der Waals surface area contributed by atoms with E-state index < -0.39 is 10.0 Å². The predicted molar refractivity (Wildman–Crippen MR) is 108 cm³/mol. The van der Waals surface area contributed by atoms with Crippen LogP contribution in [-0.4, -0.2) is 42.6 Å². The van der Waals surface area contributed by atoms with Crippen molar-refractivity contribution in [2.24, 2.45) is 10.6 Å². The Kier molecular flexibility index (Phi) is 4.38. The lowest BCUT2D eigenvalue weighted by Crippen LogP contribution is -2.34. The second-order valence-electron chi connectivity index (χ2n) is 9.42. The van der Waals surface area contributed by atoms with E-state index >= 15 is 0 Å². The van der Waals surface area contributed by atoms with Gasteiger partial charge in [0, 0.05) is 23.8 Å². The molecule has 2 aliphatic carbocycles. The van der Waals surface area contributed by atoms with E-state index in [1.54, 1.807) is 12.1 Å². The Bertz CT molecular complexity index is 1000. The van der Waals surface area contributed by atoms with Crippen LogP contribution in [0.5, 0.6) is 0 Å². The molecule has 8 heteroatoms. The van der Waals surface area contributed by atoms with Crippen molar-refractivity contribution in [3.8, 4) is 0 Å². The molecule has 2 atom stereocenters. The topological polar surface area (TPSA) is 102 Å². The molecule has 29 heavy (non-hydrogen) atoms. The number of rotatable bonds is 5. The SMILES string of the molecule is CC1(C)[C@@H](c2ccc(S(N)(=O)=O)cc2)[C@@H]1c1noc(C2CCN(C3CC3)CC2)n1. The lowest BCUT2D eigenvalue weighted by Gasteiger charge is -2.30. The fraction of sp³-hybridized carbons (Fsp3) is 0.619. The first-order valence-electron chi connectivity index (χ1n) is 10.5. The van der Waals surface area contributed by atoms with Gasteiger partial charge in [0.2, 0.25) is 15.9 Å². The normalized spacial score (nSPS) is 27.8. The van der Waals surface area contributed by atoms with E-state index in [-0.39, 0.29) is 22.1 Å². The van der Waals surface area contributed by atoms with Gasteiger partial charge in [0.15, 0.2) is 5.82 Å². The van der Waals surface area contributed by atoms with Crippen LogP contribution >= 0.6 is 0 Å². The Balaban J connectivity index is 1.30. The van der Waals surface area contributed by atoms with Crippen molar-refractivity contribution in [3.05, 3.63) is 41.5 Å². The van der Waals surface area contributed by atoms with E-state index in [1.165, 1.54) is 12.8 Å². The minimum absolute atomic E-state index is 0.000410. The zero-order valence-electron chi connectivity index (χ0n) is 16.9. The minimum Gasteiger partial charge on any atom is -0.339 e. The molecular formula is C21H28N4O3S. The lowest BCUT2D eigenvalue weighted by molar-refractivity contribution is 0.186. The Morgan fingerprint density at radius 2 is 1.72 bits per heavy atom. The van der Waals surface area contributed by atoms with Gasteiger partial charge < -0.3 is 9.42 Å². The van der Waals surface area contributed by atoms with Crippen molar-refractivity contribution in [1.29, 1.82) is 0 Å². The average Bonchev–Trinajstić information content (AvgIpc) is 3.56. The Morgan fingerprint density at radius 1 is 1.07 bits per heavy atom. The fourth-order valence-electron chi connectivity index (χ4n) is 5.10. The number of benzene rings is 1. The molecule has 1 aromatic carbocycles. The maximum atomic E-state index is 11.5. The van der Waals surface area contributed by atoms with Gasteiger partial charge in [-0.25, -0.2) is 13.6 Å². The molecule has 3 fully saturated rings. The van der Waals surface area contributed by atoms with Crippen molar-refractivity contribution in [2.45, 2.75) is 68.2 Å². The van der Waals surface area contributed by atoms with Crippen LogP contribution in [-0.2, 0) is 10.0 Å². The van der Waals surface area contributed by atoms with Gasteiger partial charge in [-0.15, -0.1) is 0 Å². The van der Waals surface area contributed by atoms with Gasteiger partial charge in [0.25, 0.3) is 0 Å². The Hall–Kier alpha value is -1.77. The van der Waals surface area contributed by atoms with E-state index in [2.05, 4.69) is 23.9 Å². The average molecular weight is 417 g/mol. The number of nitrogens with zero attached hydrogens (tertiary/aromatic N) is 3. The quantitative estimate of drug-likeness (QED) is 0.804. The van der Waals surface area contributed by atoms with E-state index in [0.29, 0.717) is 5.92 Å². The fourth-order valence-corrected chi connectivity index (χ4v) is 5.61. The van der Waals surface area contributed by atoms with Crippen LogP contribution in [0.15, 0.2) is 33.7 Å². The van der Waals surface area contributed by atoms with E-state index in [4.69, 9.17) is 14.6 Å². The summed E-state index contributed by atoms with van der Waals surface area (Å²) in [5.74, 6) is 2.32. The summed E-state index contributed by atoms with van der Waals surface area (Å²) in [6.45, 7) is 6.64. The van der Waals surface area contributed by atoms with Crippen molar-refractivity contribution >= 4 is 10.0 Å². The van der Waals surface area contributed by atoms with Gasteiger partial charge in [-0.1, -0.05) is 31.1 Å². The maximum Gasteiger partial charge on any atom is 0.238 e. The molecule has 1 aromatic heterocycles. The molecule has 0 unspecified atom stereocenters. The number of nitrogens with two attached hydrogens (primary N) is 1. The standard InChI is InChI=1S/C21H28N4O3S/c1-21(2)17(13-3-7-16(8-4-13)29(22,26)27)18(21)19-23-20(28-24-19)14-9-11-25(12-10-14)15-5-6-15/h3-4,7-8,14-15,17-18H,5-6,9-12H2,1-2H3,(H2,22,26,27)/t17-,18+/m0/s1. The first-order chi connectivity index (χ1) is 13.7. The minimum atomic E-state index is -3.68. The monoisotopic (exact) mass is 416 g/mol. The molecule has 0 amide bonds. The van der Waals surface area contributed by atoms with Gasteiger partial charge in [0.05, 0.1) is 4.90 Å². The number of aromatic nitrogens is 2. The molecule has 3 aliphatic rings. The van der Waals surface area contributed by atoms with Crippen molar-refractivity contribution in [3.63, 3.8) is 0 Å². The number of primary sulfonamides is 1. The van der Waals surface area contributed by atoms with Crippen LogP contribution < -0.4 is 5.14 Å². The smallest absolute Gasteiger partial charge is 0.238 e. The van der Waals surface area contributed by atoms with Crippen molar-refractivity contribution < 1.29 is 12.9 Å². The number of sulfonamides is 1. The summed E-state index contributed by atoms with van der Waals surface area (Å²) < 4.78 is 28.7. The maximum absolute atomic E-state index is 11.5. The second kappa shape index (κ2) is 6.62. The highest BCUT2D eigenvalue weighted by molar-refractivity contribution is 7.89. The largest absolute Gasteiger partial charge is 0.339 e. The summed E-state index contributed by atoms with van der Waals surface area (Å²) in [6, 6.07) is 7.67. The highest BCUT2D eigenvalue weighted by Crippen LogP contribution is 2.69. The van der Waals surface area contributed by atoms with Gasteiger partial charge in [-0.05, 0) is 61.9 Å². The Labute approximate surface area is 171 Å². The molecule has 0 spiro atoms. The van der Waals surface area contributed by atoms with Gasteiger partial charge in [-0.3, -0.25) is 0 Å². The van der Waals surface area contributed by atoms with E-state index in [9.17, 15) is 8.42 Å². The highest BCUT2D eigenvalue weighted by atomic mass is 32.2. The van der Waals surface area contributed by atoms with Crippen molar-refractivity contribution in [1.82, 2.24) is 15.0 Å². The zero-order chi connectivity index (χ0) is 20.4. The zero-order valence-corrected chi connectivity index (χ0v) is 17.7. The third-order valence-corrected chi connectivity index (χ3v) is 8.00. The molecule has 0 bridgehead atoms. The summed E-state index contributed by atoms with van der Waals surface area (Å²) in [5, 5.41) is 9.54.